The Bertz CT molecular complexity index is 418. The van der Waals surface area contributed by atoms with Gasteiger partial charge < -0.3 is 9.84 Å². The molecule has 0 spiro atoms. The van der Waals surface area contributed by atoms with Gasteiger partial charge in [-0.15, -0.1) is 0 Å². The van der Waals surface area contributed by atoms with Gasteiger partial charge in [0.2, 0.25) is 0 Å². The fraction of sp³-hybridized carbons (Fsp3) is 0.417. The highest BCUT2D eigenvalue weighted by Crippen LogP contribution is 2.54. The lowest BCUT2D eigenvalue weighted by atomic mass is 9.94. The zero-order valence-corrected chi connectivity index (χ0v) is 8.94. The molecule has 0 amide bonds. The Kier molecular flexibility index (Phi) is 2.68. The SMILES string of the molecule is COC(=O)[C@@H]1C[C@@]1(CO)c1cccc(F)c1. The molecule has 0 radical (unpaired) electrons. The second-order valence-corrected chi connectivity index (χ2v) is 4.10. The minimum atomic E-state index is -0.644. The molecule has 0 bridgehead atoms. The lowest BCUT2D eigenvalue weighted by Crippen LogP contribution is -2.20. The van der Waals surface area contributed by atoms with Crippen molar-refractivity contribution in [2.24, 2.45) is 5.92 Å². The molecule has 2 atom stereocenters. The Morgan fingerprint density at radius 2 is 2.44 bits per heavy atom. The smallest absolute Gasteiger partial charge is 0.309 e. The largest absolute Gasteiger partial charge is 0.469 e. The van der Waals surface area contributed by atoms with E-state index in [0.29, 0.717) is 12.0 Å². The summed E-state index contributed by atoms with van der Waals surface area (Å²) in [6.07, 6.45) is 0.514. The van der Waals surface area contributed by atoms with Gasteiger partial charge in [-0.05, 0) is 24.1 Å². The Labute approximate surface area is 92.9 Å². The summed E-state index contributed by atoms with van der Waals surface area (Å²) < 4.78 is 17.7. The van der Waals surface area contributed by atoms with E-state index in [2.05, 4.69) is 4.74 Å². The number of aliphatic hydroxyl groups is 1. The zero-order valence-electron chi connectivity index (χ0n) is 8.94. The Balaban J connectivity index is 2.29. The third kappa shape index (κ3) is 1.59. The molecule has 1 aliphatic rings. The van der Waals surface area contributed by atoms with E-state index in [4.69, 9.17) is 0 Å². The topological polar surface area (TPSA) is 46.5 Å². The Hall–Kier alpha value is -1.42. The highest BCUT2D eigenvalue weighted by atomic mass is 19.1. The molecule has 1 N–H and O–H groups in total. The predicted molar refractivity (Wildman–Crippen MR) is 55.3 cm³/mol. The van der Waals surface area contributed by atoms with Crippen molar-refractivity contribution in [1.82, 2.24) is 0 Å². The fourth-order valence-electron chi connectivity index (χ4n) is 2.14. The molecule has 0 aromatic heterocycles. The van der Waals surface area contributed by atoms with Gasteiger partial charge in [0, 0.05) is 5.41 Å². The van der Waals surface area contributed by atoms with Crippen LogP contribution in [0.1, 0.15) is 12.0 Å². The van der Waals surface area contributed by atoms with Crippen LogP contribution < -0.4 is 0 Å². The van der Waals surface area contributed by atoms with Crippen LogP contribution in [-0.4, -0.2) is 24.8 Å². The van der Waals surface area contributed by atoms with Crippen LogP contribution in [0.25, 0.3) is 0 Å². The molecule has 0 saturated heterocycles. The highest BCUT2D eigenvalue weighted by molar-refractivity contribution is 5.79. The third-order valence-corrected chi connectivity index (χ3v) is 3.24. The minimum Gasteiger partial charge on any atom is -0.469 e. The minimum absolute atomic E-state index is 0.170. The van der Waals surface area contributed by atoms with Crippen LogP contribution in [0.4, 0.5) is 4.39 Å². The summed E-state index contributed by atoms with van der Waals surface area (Å²) in [5, 5.41) is 9.39. The first-order chi connectivity index (χ1) is 7.64. The molecule has 1 aliphatic carbocycles. The normalized spacial score (nSPS) is 27.6. The van der Waals surface area contributed by atoms with Crippen LogP contribution in [0.5, 0.6) is 0 Å². The van der Waals surface area contributed by atoms with Crippen LogP contribution >= 0.6 is 0 Å². The number of carbonyl (C=O) groups is 1. The molecule has 86 valence electrons. The number of rotatable bonds is 3. The van der Waals surface area contributed by atoms with Crippen LogP contribution in [0.2, 0.25) is 0 Å². The number of hydrogen-bond acceptors (Lipinski definition) is 3. The Morgan fingerprint density at radius 3 is 3.00 bits per heavy atom. The van der Waals surface area contributed by atoms with Gasteiger partial charge in [-0.25, -0.2) is 4.39 Å². The maximum absolute atomic E-state index is 13.1. The molecule has 1 saturated carbocycles. The molecule has 0 heterocycles. The molecule has 4 heteroatoms. The van der Waals surface area contributed by atoms with Crippen molar-refractivity contribution in [3.8, 4) is 0 Å². The fourth-order valence-corrected chi connectivity index (χ4v) is 2.14. The molecule has 1 aromatic rings. The summed E-state index contributed by atoms with van der Waals surface area (Å²) in [5.74, 6) is -1.07. The summed E-state index contributed by atoms with van der Waals surface area (Å²) in [4.78, 5) is 11.4. The number of ether oxygens (including phenoxy) is 1. The van der Waals surface area contributed by atoms with Crippen molar-refractivity contribution in [1.29, 1.82) is 0 Å². The van der Waals surface area contributed by atoms with Gasteiger partial charge in [0.05, 0.1) is 19.6 Å². The maximum atomic E-state index is 13.1. The van der Waals surface area contributed by atoms with Crippen molar-refractivity contribution in [3.63, 3.8) is 0 Å². The molecular formula is C12H13FO3. The second kappa shape index (κ2) is 3.87. The number of esters is 1. The lowest BCUT2D eigenvalue weighted by molar-refractivity contribution is -0.142. The second-order valence-electron chi connectivity index (χ2n) is 4.10. The summed E-state index contributed by atoms with van der Waals surface area (Å²) >= 11 is 0. The number of methoxy groups -OCH3 is 1. The first kappa shape index (κ1) is 11.1. The molecule has 3 nitrogen and oxygen atoms in total. The zero-order chi connectivity index (χ0) is 11.8. The van der Waals surface area contributed by atoms with E-state index in [-0.39, 0.29) is 24.3 Å². The van der Waals surface area contributed by atoms with Crippen LogP contribution in [0.3, 0.4) is 0 Å². The van der Waals surface area contributed by atoms with E-state index in [0.717, 1.165) is 0 Å². The summed E-state index contributed by atoms with van der Waals surface area (Å²) in [6.45, 7) is -0.170. The van der Waals surface area contributed by atoms with E-state index in [1.165, 1.54) is 19.2 Å². The quantitative estimate of drug-likeness (QED) is 0.786. The van der Waals surface area contributed by atoms with E-state index < -0.39 is 5.41 Å². The average molecular weight is 224 g/mol. The molecular weight excluding hydrogens is 211 g/mol. The maximum Gasteiger partial charge on any atom is 0.309 e. The monoisotopic (exact) mass is 224 g/mol. The highest BCUT2D eigenvalue weighted by Gasteiger charge is 2.59. The summed E-state index contributed by atoms with van der Waals surface area (Å²) in [6, 6.07) is 6.00. The molecule has 2 rings (SSSR count). The number of aliphatic hydroxyl groups excluding tert-OH is 1. The predicted octanol–water partition coefficient (Wildman–Crippen LogP) is 1.25. The third-order valence-electron chi connectivity index (χ3n) is 3.24. The molecule has 16 heavy (non-hydrogen) atoms. The van der Waals surface area contributed by atoms with Crippen LogP contribution in [-0.2, 0) is 14.9 Å². The molecule has 1 fully saturated rings. The number of hydrogen-bond donors (Lipinski definition) is 1. The molecule has 1 aromatic carbocycles. The van der Waals surface area contributed by atoms with E-state index in [1.54, 1.807) is 12.1 Å². The van der Waals surface area contributed by atoms with E-state index in [1.807, 2.05) is 0 Å². The van der Waals surface area contributed by atoms with E-state index >= 15 is 0 Å². The van der Waals surface area contributed by atoms with Gasteiger partial charge in [0.25, 0.3) is 0 Å². The summed E-state index contributed by atoms with van der Waals surface area (Å²) in [7, 11) is 1.31. The Morgan fingerprint density at radius 1 is 1.69 bits per heavy atom. The van der Waals surface area contributed by atoms with Gasteiger partial charge in [-0.3, -0.25) is 4.79 Å². The van der Waals surface area contributed by atoms with E-state index in [9.17, 15) is 14.3 Å². The van der Waals surface area contributed by atoms with Gasteiger partial charge >= 0.3 is 5.97 Å². The molecule has 0 aliphatic heterocycles. The van der Waals surface area contributed by atoms with Crippen molar-refractivity contribution >= 4 is 5.97 Å². The van der Waals surface area contributed by atoms with Gasteiger partial charge in [0.1, 0.15) is 5.82 Å². The van der Waals surface area contributed by atoms with Crippen LogP contribution in [0.15, 0.2) is 24.3 Å². The first-order valence-corrected chi connectivity index (χ1v) is 5.09. The number of halogens is 1. The molecule has 0 unspecified atom stereocenters. The van der Waals surface area contributed by atoms with Gasteiger partial charge in [-0.1, -0.05) is 12.1 Å². The first-order valence-electron chi connectivity index (χ1n) is 5.09. The average Bonchev–Trinajstić information content (AvgIpc) is 3.04. The van der Waals surface area contributed by atoms with Crippen molar-refractivity contribution < 1.29 is 19.0 Å². The number of carbonyl (C=O) groups excluding carboxylic acids is 1. The van der Waals surface area contributed by atoms with Gasteiger partial charge in [0.15, 0.2) is 0 Å². The summed E-state index contributed by atoms with van der Waals surface area (Å²) in [5.41, 5.74) is 0.0141. The number of benzene rings is 1. The van der Waals surface area contributed by atoms with Crippen LogP contribution in [0, 0.1) is 11.7 Å². The van der Waals surface area contributed by atoms with Gasteiger partial charge in [-0.2, -0.15) is 0 Å². The van der Waals surface area contributed by atoms with Crippen molar-refractivity contribution in [3.05, 3.63) is 35.6 Å². The van der Waals surface area contributed by atoms with Crippen molar-refractivity contribution in [2.75, 3.05) is 13.7 Å². The van der Waals surface area contributed by atoms with Crippen molar-refractivity contribution in [2.45, 2.75) is 11.8 Å². The standard InChI is InChI=1S/C12H13FO3/c1-16-11(15)10-6-12(10,7-14)8-3-2-4-9(13)5-8/h2-5,10,14H,6-7H2,1H3/t10-,12+/m0/s1. The lowest BCUT2D eigenvalue weighted by Gasteiger charge is -2.14.